The van der Waals surface area contributed by atoms with Crippen molar-refractivity contribution in [2.75, 3.05) is 13.2 Å². The fourth-order valence-electron chi connectivity index (χ4n) is 14.0. The van der Waals surface area contributed by atoms with E-state index >= 15 is 0 Å². The molecule has 0 aromatic carbocycles. The molecule has 3 amide bonds. The zero-order valence-electron chi connectivity index (χ0n) is 62.4. The molecule has 0 bridgehead atoms. The predicted octanol–water partition coefficient (Wildman–Crippen LogP) is 3.03. The van der Waals surface area contributed by atoms with Crippen molar-refractivity contribution in [1.82, 2.24) is 79.8 Å². The Balaban J connectivity index is 0.000000223. The molecule has 0 saturated carbocycles. The second kappa shape index (κ2) is 36.2. The molecule has 8 aromatic heterocycles. The molecule has 108 heavy (non-hydrogen) atoms. The molecule has 12 rings (SSSR count). The van der Waals surface area contributed by atoms with Gasteiger partial charge in [0.1, 0.15) is 104 Å². The molecule has 8 aromatic rings. The third-order valence-corrected chi connectivity index (χ3v) is 18.6. The zero-order chi connectivity index (χ0) is 78.5. The van der Waals surface area contributed by atoms with Gasteiger partial charge in [-0.15, -0.1) is 12.4 Å². The van der Waals surface area contributed by atoms with Crippen LogP contribution in [0, 0.1) is 11.8 Å². The van der Waals surface area contributed by atoms with Crippen LogP contribution in [0.4, 0.5) is 14.4 Å². The van der Waals surface area contributed by atoms with E-state index < -0.39 is 132 Å². The Morgan fingerprint density at radius 3 is 1.19 bits per heavy atom. The Morgan fingerprint density at radius 1 is 0.509 bits per heavy atom. The zero-order valence-corrected chi connectivity index (χ0v) is 66.0. The summed E-state index contributed by atoms with van der Waals surface area (Å²) < 4.78 is 28.1. The van der Waals surface area contributed by atoms with Crippen LogP contribution in [-0.2, 0) is 33.3 Å². The first-order valence-electron chi connectivity index (χ1n) is 34.0. The molecule has 584 valence electrons. The predicted molar refractivity (Wildman–Crippen MR) is 388 cm³/mol. The van der Waals surface area contributed by atoms with Crippen molar-refractivity contribution in [3.8, 4) is 0 Å². The summed E-state index contributed by atoms with van der Waals surface area (Å²) in [5.74, 6) is -1.06. The summed E-state index contributed by atoms with van der Waals surface area (Å²) in [4.78, 5) is 144. The number of hydrogen-bond acceptors (Lipinski definition) is 25. The minimum Gasteiger partial charge on any atom is -0.460 e. The number of ether oxygens (including phenoxy) is 5. The second-order valence-corrected chi connectivity index (χ2v) is 29.1. The summed E-state index contributed by atoms with van der Waals surface area (Å²) in [6.45, 7) is 25.7. The molecule has 4 aliphatic heterocycles. The molecule has 41 heteroatoms. The van der Waals surface area contributed by atoms with Crippen molar-refractivity contribution < 1.29 is 108 Å². The molecule has 0 spiro atoms. The minimum atomic E-state index is -1.39. The van der Waals surface area contributed by atoms with E-state index in [1.54, 1.807) is 69.9 Å². The van der Waals surface area contributed by atoms with Crippen LogP contribution in [-0.4, -0.2) is 226 Å². The van der Waals surface area contributed by atoms with E-state index in [-0.39, 0.29) is 99.8 Å². The van der Waals surface area contributed by atoms with Gasteiger partial charge < -0.3 is 106 Å². The molecule has 4 saturated heterocycles. The number of nitrogens with one attached hydrogen (secondary N) is 8. The van der Waals surface area contributed by atoms with Crippen LogP contribution < -0.4 is 51.6 Å². The summed E-state index contributed by atoms with van der Waals surface area (Å²) in [6, 6.07) is -4.85. The molecule has 0 unspecified atom stereocenters. The number of esters is 2. The largest absolute Gasteiger partial charge is 1.00 e. The van der Waals surface area contributed by atoms with Gasteiger partial charge in [-0.05, 0) is 75.2 Å². The van der Waals surface area contributed by atoms with E-state index in [0.717, 1.165) is 4.90 Å². The van der Waals surface area contributed by atoms with Gasteiger partial charge in [0, 0.05) is 84.8 Å². The van der Waals surface area contributed by atoms with Crippen LogP contribution in [0.25, 0.3) is 60.1 Å². The van der Waals surface area contributed by atoms with Crippen LogP contribution in [0.2, 0.25) is 5.15 Å². The van der Waals surface area contributed by atoms with Crippen molar-refractivity contribution in [2.45, 2.75) is 218 Å². The van der Waals surface area contributed by atoms with E-state index in [2.05, 4.69) is 65.1 Å². The van der Waals surface area contributed by atoms with Gasteiger partial charge in [0.05, 0.1) is 68.0 Å². The molecular formula is C67H92Cl2N19NaO19. The molecule has 12 heterocycles. The number of hydrogen-bond donors (Lipinski definition) is 14. The Morgan fingerprint density at radius 2 is 0.852 bits per heavy atom. The van der Waals surface area contributed by atoms with Gasteiger partial charge >= 0.3 is 59.8 Å². The molecule has 4 fully saturated rings. The van der Waals surface area contributed by atoms with Gasteiger partial charge in [-0.2, -0.15) is 0 Å². The first-order valence-corrected chi connectivity index (χ1v) is 34.4. The normalized spacial score (nSPS) is 25.2. The number of amides is 3. The summed E-state index contributed by atoms with van der Waals surface area (Å²) in [7, 11) is 0. The van der Waals surface area contributed by atoms with Crippen LogP contribution in [0.5, 0.6) is 0 Å². The SMILES string of the molecule is CC(C)(C)OC(=O)N1[C@H](CO)[C@@H](O)[C@@H](O)[C@@H]1c1c[nH]c2c(=O)[nH]cnc12.CC[C@@H]1[C@@H](C)[C@@H](OC(C)=O)[C@H](c2c[nH]c3c(=O)[nH]cnc23)N1C(=O)OC(C)(C)C.CC[C@@H]1[C@@H](C)[C@@H](OC(C)=O)[C@H](c2c[nH]c3c(Cl)ncnc23)N1C(=O)OC(C)(C)C.Cl.O=c1[nH]cnc2c([C@@H]3N[C@H](CO)[C@@H](O)[C@H]3O)c[nH]c12.[N-]=[N+]=[N-].[Na+]. The monoisotopic (exact) mass is 1560 g/mol. The summed E-state index contributed by atoms with van der Waals surface area (Å²) in [6.07, 6.45) is 5.15. The Bertz CT molecular complexity index is 4670. The number of aliphatic hydroxyl groups excluding tert-OH is 6. The average molecular weight is 1560 g/mol. The number of carbonyl (C=O) groups excluding carboxylic acids is 5. The number of carbonyl (C=O) groups is 5. The first-order chi connectivity index (χ1) is 49.8. The van der Waals surface area contributed by atoms with Gasteiger partial charge in [0.25, 0.3) is 16.7 Å². The topological polar surface area (TPSA) is 560 Å². The Kier molecular flexibility index (Phi) is 29.5. The molecule has 14 N–H and O–H groups in total. The van der Waals surface area contributed by atoms with Crippen LogP contribution in [0.1, 0.15) is 163 Å². The number of aliphatic hydroxyl groups is 6. The minimum absolute atomic E-state index is 0. The van der Waals surface area contributed by atoms with Crippen molar-refractivity contribution in [2.24, 2.45) is 11.8 Å². The maximum absolute atomic E-state index is 13.2. The quantitative estimate of drug-likeness (QED) is 0.0178. The Labute approximate surface area is 650 Å². The van der Waals surface area contributed by atoms with E-state index in [9.17, 15) is 63.9 Å². The Hall–Kier alpha value is -8.76. The van der Waals surface area contributed by atoms with E-state index in [1.165, 1.54) is 50.3 Å². The molecule has 0 radical (unpaired) electrons. The first kappa shape index (κ1) is 88.1. The number of fused-ring (bicyclic) bond motifs is 4. The maximum atomic E-state index is 13.2. The van der Waals surface area contributed by atoms with Crippen LogP contribution >= 0.6 is 24.0 Å². The summed E-state index contributed by atoms with van der Waals surface area (Å²) in [5, 5.41) is 62.6. The fraction of sp³-hybridized carbons (Fsp3) is 0.567. The number of likely N-dealkylation sites (tertiary alicyclic amines) is 3. The number of halogens is 2. The molecule has 16 atom stereocenters. The smallest absolute Gasteiger partial charge is 0.460 e. The summed E-state index contributed by atoms with van der Waals surface area (Å²) >= 11 is 6.20. The van der Waals surface area contributed by atoms with Crippen molar-refractivity contribution in [3.05, 3.63) is 125 Å². The third-order valence-electron chi connectivity index (χ3n) is 18.3. The van der Waals surface area contributed by atoms with E-state index in [4.69, 9.17) is 51.5 Å². The third kappa shape index (κ3) is 18.9. The van der Waals surface area contributed by atoms with Crippen molar-refractivity contribution >= 4 is 98.4 Å². The number of aromatic amines is 7. The van der Waals surface area contributed by atoms with E-state index in [0.29, 0.717) is 68.2 Å². The molecule has 0 aliphatic carbocycles. The number of H-pyrrole nitrogens is 7. The van der Waals surface area contributed by atoms with Gasteiger partial charge in [-0.3, -0.25) is 43.6 Å². The van der Waals surface area contributed by atoms with Crippen LogP contribution in [0.3, 0.4) is 0 Å². The maximum Gasteiger partial charge on any atom is 1.00 e. The van der Waals surface area contributed by atoms with Crippen molar-refractivity contribution in [1.29, 1.82) is 0 Å². The number of nitrogens with zero attached hydrogens (tertiary/aromatic N) is 11. The van der Waals surface area contributed by atoms with E-state index in [1.807, 2.05) is 48.5 Å². The standard InChI is InChI=1S/C20H27ClN4O4.C20H28N4O5.C16H22N4O6.C11H14N4O4.ClH.N3.Na/c1-7-13-10(2)17(28-11(3)26)16(25(13)19(27)29-20(4,5)6)12-8-22-15-14(12)23-9-24-18(15)21;1-7-13-10(2)17(28-11(3)25)16(24(13)19(27)29-20(4,5)6)12-8-21-15-14(12)22-9-23-18(15)26;1-16(2,3)26-15(25)20-8(5-21)12(22)13(23)11(20)7-4-17-10-9(7)18-6-19-14(10)24;16-2-5-9(17)10(18)7(15-5)4-1-12-8-6(4)13-3-14-11(8)19;;1-3-2;/h8-10,13,16-17,22H,7H2,1-6H3;8-10,13,16-17,21H,7H2,1-6H3,(H,22,23,26);4,6,8,11-13,17,21-23H,5H2,1-3H3,(H,18,19,24);1,3,5,7,9-10,12,15-18H,2H2,(H,13,14,19);1H;;/q;;;;;-1;+1/t2*10-,13-,16+,17-;8-,11+,12-,13+;5-,7+,9-,10+;;;/m1111.../s1. The molecular weight excluding hydrogens is 1470 g/mol. The summed E-state index contributed by atoms with van der Waals surface area (Å²) in [5.41, 5.74) is 15.7. The van der Waals surface area contributed by atoms with Gasteiger partial charge in [-0.25, -0.2) is 39.3 Å². The van der Waals surface area contributed by atoms with Gasteiger partial charge in [0.15, 0.2) is 5.15 Å². The van der Waals surface area contributed by atoms with Gasteiger partial charge in [-0.1, -0.05) is 39.3 Å². The van der Waals surface area contributed by atoms with Crippen molar-refractivity contribution in [3.63, 3.8) is 0 Å². The number of aromatic nitrogens is 12. The van der Waals surface area contributed by atoms with Gasteiger partial charge in [0.2, 0.25) is 0 Å². The fourth-order valence-corrected chi connectivity index (χ4v) is 14.2. The van der Waals surface area contributed by atoms with Crippen LogP contribution in [0.15, 0.2) is 64.5 Å². The molecule has 4 aliphatic rings. The molecule has 38 nitrogen and oxygen atoms in total. The second-order valence-electron chi connectivity index (χ2n) is 28.8. The number of rotatable bonds is 10. The average Bonchev–Trinajstić information content (AvgIpc) is 1.60.